The normalized spacial score (nSPS) is 23.8. The number of aromatic amines is 1. The number of anilines is 2. The number of imide groups is 1. The molecule has 294 valence electrons. The third-order valence-corrected chi connectivity index (χ3v) is 12.6. The number of hydrogen-bond donors (Lipinski definition) is 3. The predicted molar refractivity (Wildman–Crippen MR) is 206 cm³/mol. The molecule has 3 saturated heterocycles. The van der Waals surface area contributed by atoms with E-state index in [4.69, 9.17) is 14.8 Å². The lowest BCUT2D eigenvalue weighted by molar-refractivity contribution is -0.137. The Hall–Kier alpha value is -5.54. The average Bonchev–Trinajstić information content (AvgIpc) is 3.92. The van der Waals surface area contributed by atoms with Crippen LogP contribution in [0.25, 0.3) is 16.9 Å². The van der Waals surface area contributed by atoms with Crippen molar-refractivity contribution in [3.8, 4) is 17.1 Å². The molecule has 5 aliphatic rings. The molecule has 4 aromatic rings. The van der Waals surface area contributed by atoms with Crippen LogP contribution in [0, 0.1) is 17.3 Å². The maximum absolute atomic E-state index is 13.5. The lowest BCUT2D eigenvalue weighted by Crippen LogP contribution is -2.52. The predicted octanol–water partition coefficient (Wildman–Crippen LogP) is 3.80. The quantitative estimate of drug-likeness (QED) is 0.211. The molecule has 1 spiro atoms. The van der Waals surface area contributed by atoms with Crippen LogP contribution in [0.1, 0.15) is 88.1 Å². The van der Waals surface area contributed by atoms with Gasteiger partial charge >= 0.3 is 0 Å². The topological polar surface area (TPSA) is 183 Å². The summed E-state index contributed by atoms with van der Waals surface area (Å²) in [7, 11) is 0. The Morgan fingerprint density at radius 1 is 1.09 bits per heavy atom. The Bertz CT molecular complexity index is 2170. The highest BCUT2D eigenvalue weighted by molar-refractivity contribution is 6.05. The molecule has 16 heteroatoms. The number of hydrogen-bond acceptors (Lipinski definition) is 11. The first-order valence-corrected chi connectivity index (χ1v) is 20.0. The van der Waals surface area contributed by atoms with Gasteiger partial charge in [-0.2, -0.15) is 14.6 Å². The van der Waals surface area contributed by atoms with Crippen LogP contribution in [0.15, 0.2) is 36.8 Å². The highest BCUT2D eigenvalue weighted by atomic mass is 16.5. The summed E-state index contributed by atoms with van der Waals surface area (Å²) < 4.78 is 7.83. The first-order chi connectivity index (χ1) is 27.0. The number of nitrogens with zero attached hydrogens (tertiary/aromatic N) is 8. The summed E-state index contributed by atoms with van der Waals surface area (Å²) in [6.07, 6.45) is 11.5. The van der Waals surface area contributed by atoms with Crippen molar-refractivity contribution in [1.82, 2.24) is 44.9 Å². The van der Waals surface area contributed by atoms with Gasteiger partial charge in [0.15, 0.2) is 5.65 Å². The van der Waals surface area contributed by atoms with Crippen molar-refractivity contribution < 1.29 is 23.9 Å². The monoisotopic (exact) mass is 763 g/mol. The second kappa shape index (κ2) is 14.2. The zero-order valence-electron chi connectivity index (χ0n) is 32.2. The summed E-state index contributed by atoms with van der Waals surface area (Å²) in [5.74, 6) is 1.11. The number of likely N-dealkylation sites (tertiary alicyclic amines) is 1. The van der Waals surface area contributed by atoms with Gasteiger partial charge in [-0.25, -0.2) is 4.98 Å². The summed E-state index contributed by atoms with van der Waals surface area (Å²) in [4.78, 5) is 66.1. The third-order valence-electron chi connectivity index (χ3n) is 12.6. The first-order valence-electron chi connectivity index (χ1n) is 20.0. The maximum atomic E-state index is 13.5. The maximum Gasteiger partial charge on any atom is 0.255 e. The van der Waals surface area contributed by atoms with Crippen LogP contribution in [0.4, 0.5) is 11.6 Å². The standard InChI is InChI=1S/C40H49N11O5/c1-23(2)56-38-35(27-18-42-43-19-27)41-20-32-45-39(47-51(32)38)44-30-8-11-49(21-24(30)3)34(53)14-25-16-40(17-25)9-12-48(13-10-40)28-4-5-29-26(15-28)22-50(37(29)55)31-6-7-33(52)46-36(31)54/h4-5,15,18-20,23-25,30-31H,6-14,16-17,21-22H2,1-3H3,(H,42,43)(H,44,47)(H,46,52,54)/t24-,30+,31?/m1/s1. The van der Waals surface area contributed by atoms with E-state index in [1.54, 1.807) is 28.0 Å². The Balaban J connectivity index is 0.748. The van der Waals surface area contributed by atoms with Crippen molar-refractivity contribution in [2.24, 2.45) is 17.3 Å². The van der Waals surface area contributed by atoms with E-state index in [1.807, 2.05) is 30.9 Å². The third kappa shape index (κ3) is 6.72. The molecule has 0 radical (unpaired) electrons. The molecule has 9 rings (SSSR count). The average molecular weight is 764 g/mol. The summed E-state index contributed by atoms with van der Waals surface area (Å²) >= 11 is 0. The van der Waals surface area contributed by atoms with Crippen LogP contribution in [0.3, 0.4) is 0 Å². The zero-order valence-corrected chi connectivity index (χ0v) is 32.2. The van der Waals surface area contributed by atoms with E-state index in [0.29, 0.717) is 72.5 Å². The van der Waals surface area contributed by atoms with E-state index >= 15 is 0 Å². The van der Waals surface area contributed by atoms with Crippen LogP contribution >= 0.6 is 0 Å². The fourth-order valence-electron chi connectivity index (χ4n) is 9.65. The number of ether oxygens (including phenoxy) is 1. The molecular formula is C40H49N11O5. The van der Waals surface area contributed by atoms with E-state index < -0.39 is 6.04 Å². The van der Waals surface area contributed by atoms with Gasteiger partial charge in [0.25, 0.3) is 5.91 Å². The largest absolute Gasteiger partial charge is 0.473 e. The van der Waals surface area contributed by atoms with Gasteiger partial charge in [-0.1, -0.05) is 6.92 Å². The molecule has 3 aromatic heterocycles. The number of benzene rings is 1. The van der Waals surface area contributed by atoms with E-state index in [0.717, 1.165) is 62.0 Å². The number of amides is 4. The van der Waals surface area contributed by atoms with Crippen LogP contribution in [-0.4, -0.2) is 108 Å². The molecule has 0 bridgehead atoms. The SMILES string of the molecule is CC(C)Oc1c(-c2cn[nH]c2)ncc2nc(N[C@H]3CCN(C(=O)CC4CC5(CCN(c6ccc7c(c6)CN(C6CCC(=O)NC6=O)C7=O)CC5)C4)C[C@H]3C)nn12. The number of carbonyl (C=O) groups is 4. The molecule has 4 amide bonds. The number of rotatable bonds is 9. The fourth-order valence-corrected chi connectivity index (χ4v) is 9.65. The molecule has 4 aliphatic heterocycles. The molecule has 4 fully saturated rings. The zero-order chi connectivity index (χ0) is 38.7. The second-order valence-electron chi connectivity index (χ2n) is 16.8. The van der Waals surface area contributed by atoms with Crippen molar-refractivity contribution >= 4 is 40.9 Å². The van der Waals surface area contributed by atoms with Gasteiger partial charge in [0.1, 0.15) is 11.7 Å². The van der Waals surface area contributed by atoms with Crippen LogP contribution in [0.5, 0.6) is 5.88 Å². The minimum Gasteiger partial charge on any atom is -0.473 e. The highest BCUT2D eigenvalue weighted by Gasteiger charge is 2.47. The molecule has 3 N–H and O–H groups in total. The van der Waals surface area contributed by atoms with Gasteiger partial charge in [0.2, 0.25) is 29.5 Å². The number of H-pyrrole nitrogens is 1. The van der Waals surface area contributed by atoms with Gasteiger partial charge in [0.05, 0.1) is 18.5 Å². The number of piperidine rings is 3. The van der Waals surface area contributed by atoms with Gasteiger partial charge in [-0.3, -0.25) is 29.6 Å². The number of aromatic nitrogens is 6. The fraction of sp³-hybridized carbons (Fsp3) is 0.550. The first kappa shape index (κ1) is 36.1. The van der Waals surface area contributed by atoms with Crippen molar-refractivity contribution in [2.45, 2.75) is 96.9 Å². The minimum atomic E-state index is -0.607. The van der Waals surface area contributed by atoms with Crippen molar-refractivity contribution in [3.05, 3.63) is 47.9 Å². The van der Waals surface area contributed by atoms with Crippen LogP contribution in [0.2, 0.25) is 0 Å². The van der Waals surface area contributed by atoms with Gasteiger partial charge in [0, 0.05) is 74.6 Å². The number of fused-ring (bicyclic) bond motifs is 2. The molecule has 56 heavy (non-hydrogen) atoms. The lowest BCUT2D eigenvalue weighted by Gasteiger charge is -2.53. The molecule has 16 nitrogen and oxygen atoms in total. The van der Waals surface area contributed by atoms with Gasteiger partial charge < -0.3 is 24.8 Å². The highest BCUT2D eigenvalue weighted by Crippen LogP contribution is 2.54. The Morgan fingerprint density at radius 2 is 1.91 bits per heavy atom. The summed E-state index contributed by atoms with van der Waals surface area (Å²) in [6, 6.07) is 5.53. The van der Waals surface area contributed by atoms with Gasteiger partial charge in [-0.15, -0.1) is 5.10 Å². The molecule has 7 heterocycles. The second-order valence-corrected chi connectivity index (χ2v) is 16.8. The lowest BCUT2D eigenvalue weighted by atomic mass is 9.56. The van der Waals surface area contributed by atoms with E-state index in [9.17, 15) is 19.2 Å². The van der Waals surface area contributed by atoms with Crippen LogP contribution < -0.4 is 20.3 Å². The Labute approximate surface area is 324 Å². The minimum absolute atomic E-state index is 0.0887. The smallest absolute Gasteiger partial charge is 0.255 e. The summed E-state index contributed by atoms with van der Waals surface area (Å²) in [5, 5.41) is 17.6. The molecule has 1 aliphatic carbocycles. The molecular weight excluding hydrogens is 715 g/mol. The molecule has 1 unspecified atom stereocenters. The Kier molecular flexibility index (Phi) is 9.15. The molecule has 1 aromatic carbocycles. The van der Waals surface area contributed by atoms with E-state index in [-0.39, 0.29) is 48.1 Å². The number of carbonyl (C=O) groups excluding carboxylic acids is 4. The van der Waals surface area contributed by atoms with E-state index in [1.165, 1.54) is 0 Å². The molecule has 3 atom stereocenters. The van der Waals surface area contributed by atoms with Crippen molar-refractivity contribution in [1.29, 1.82) is 0 Å². The van der Waals surface area contributed by atoms with E-state index in [2.05, 4.69) is 43.7 Å². The number of nitrogens with one attached hydrogen (secondary N) is 3. The summed E-state index contributed by atoms with van der Waals surface area (Å²) in [5.41, 5.74) is 5.00. The molecule has 1 saturated carbocycles. The van der Waals surface area contributed by atoms with Crippen molar-refractivity contribution in [2.75, 3.05) is 36.4 Å². The van der Waals surface area contributed by atoms with Crippen molar-refractivity contribution in [3.63, 3.8) is 0 Å². The Morgan fingerprint density at radius 3 is 2.64 bits per heavy atom. The van der Waals surface area contributed by atoms with Gasteiger partial charge in [-0.05, 0) is 93.4 Å². The van der Waals surface area contributed by atoms with Crippen LogP contribution in [-0.2, 0) is 20.9 Å². The summed E-state index contributed by atoms with van der Waals surface area (Å²) in [6.45, 7) is 9.77.